The van der Waals surface area contributed by atoms with Gasteiger partial charge in [-0.05, 0) is 36.1 Å². The molecule has 1 aromatic carbocycles. The normalized spacial score (nSPS) is 14.1. The highest BCUT2D eigenvalue weighted by Gasteiger charge is 2.16. The van der Waals surface area contributed by atoms with E-state index in [2.05, 4.69) is 30.5 Å². The van der Waals surface area contributed by atoms with Crippen LogP contribution in [0.3, 0.4) is 0 Å². The van der Waals surface area contributed by atoms with Crippen LogP contribution in [0.2, 0.25) is 0 Å². The SMILES string of the molecule is CCCCOCCOCCOCc1cc2c(cc1CCC)OCO2.O=C1NCCN1. The van der Waals surface area contributed by atoms with Gasteiger partial charge in [0.2, 0.25) is 6.79 Å². The highest BCUT2D eigenvalue weighted by molar-refractivity contribution is 5.75. The number of benzene rings is 1. The number of hydrogen-bond donors (Lipinski definition) is 2. The fourth-order valence-electron chi connectivity index (χ4n) is 2.95. The number of nitrogens with one attached hydrogen (secondary N) is 2. The van der Waals surface area contributed by atoms with Crippen molar-refractivity contribution in [1.29, 1.82) is 0 Å². The lowest BCUT2D eigenvalue weighted by atomic mass is 10.0. The van der Waals surface area contributed by atoms with E-state index in [9.17, 15) is 4.79 Å². The standard InChI is InChI=1S/C19H30O5.C3H6N2O/c1-3-5-7-20-8-9-21-10-11-22-14-17-13-19-18(23-15-24-19)12-16(17)6-4-2;6-3-4-1-2-5-3/h12-13H,3-11,14-15H2,1-2H3;1-2H2,(H2,4,5,6). The summed E-state index contributed by atoms with van der Waals surface area (Å²) in [5.74, 6) is 1.66. The van der Waals surface area contributed by atoms with Gasteiger partial charge in [0, 0.05) is 19.7 Å². The summed E-state index contributed by atoms with van der Waals surface area (Å²) in [5, 5.41) is 5.14. The van der Waals surface area contributed by atoms with E-state index in [-0.39, 0.29) is 6.03 Å². The molecule has 0 bridgehead atoms. The zero-order valence-corrected chi connectivity index (χ0v) is 18.3. The summed E-state index contributed by atoms with van der Waals surface area (Å²) in [7, 11) is 0. The molecule has 0 unspecified atom stereocenters. The van der Waals surface area contributed by atoms with Crippen LogP contribution in [0, 0.1) is 0 Å². The smallest absolute Gasteiger partial charge is 0.314 e. The van der Waals surface area contributed by atoms with Gasteiger partial charge < -0.3 is 34.3 Å². The van der Waals surface area contributed by atoms with Crippen molar-refractivity contribution in [3.8, 4) is 11.5 Å². The van der Waals surface area contributed by atoms with Gasteiger partial charge in [-0.1, -0.05) is 26.7 Å². The minimum Gasteiger partial charge on any atom is -0.454 e. The number of hydrogen-bond acceptors (Lipinski definition) is 6. The van der Waals surface area contributed by atoms with Gasteiger partial charge in [-0.15, -0.1) is 0 Å². The lowest BCUT2D eigenvalue weighted by Crippen LogP contribution is -2.20. The fraction of sp³-hybridized carbons (Fsp3) is 0.682. The van der Waals surface area contributed by atoms with E-state index in [1.807, 2.05) is 6.07 Å². The average Bonchev–Trinajstić information content (AvgIpc) is 3.41. The molecule has 2 amide bonds. The topological polar surface area (TPSA) is 87.3 Å². The molecular weight excluding hydrogens is 388 g/mol. The summed E-state index contributed by atoms with van der Waals surface area (Å²) in [4.78, 5) is 10.0. The predicted molar refractivity (Wildman–Crippen MR) is 114 cm³/mol. The summed E-state index contributed by atoms with van der Waals surface area (Å²) in [6.45, 7) is 10.0. The molecule has 0 aliphatic carbocycles. The van der Waals surface area contributed by atoms with Crippen molar-refractivity contribution in [2.75, 3.05) is 52.9 Å². The number of carbonyl (C=O) groups is 1. The van der Waals surface area contributed by atoms with Crippen LogP contribution in [0.1, 0.15) is 44.2 Å². The molecule has 1 saturated heterocycles. The van der Waals surface area contributed by atoms with Gasteiger partial charge in [-0.2, -0.15) is 0 Å². The maximum absolute atomic E-state index is 10.0. The molecule has 0 atom stereocenters. The van der Waals surface area contributed by atoms with Gasteiger partial charge in [-0.3, -0.25) is 0 Å². The highest BCUT2D eigenvalue weighted by atomic mass is 16.7. The third-order valence-electron chi connectivity index (χ3n) is 4.55. The first kappa shape index (κ1) is 24.2. The molecule has 2 N–H and O–H groups in total. The second-order valence-corrected chi connectivity index (χ2v) is 7.04. The van der Waals surface area contributed by atoms with E-state index in [4.69, 9.17) is 23.7 Å². The second kappa shape index (κ2) is 14.9. The number of urea groups is 1. The first-order valence-electron chi connectivity index (χ1n) is 10.9. The predicted octanol–water partition coefficient (Wildman–Crippen LogP) is 3.02. The van der Waals surface area contributed by atoms with Crippen molar-refractivity contribution < 1.29 is 28.5 Å². The van der Waals surface area contributed by atoms with Crippen LogP contribution in [-0.2, 0) is 27.2 Å². The van der Waals surface area contributed by atoms with Crippen LogP contribution >= 0.6 is 0 Å². The molecule has 1 aromatic rings. The molecular formula is C22H36N2O6. The molecule has 0 spiro atoms. The Balaban J connectivity index is 0.000000456. The van der Waals surface area contributed by atoms with Crippen molar-refractivity contribution >= 4 is 6.03 Å². The van der Waals surface area contributed by atoms with Gasteiger partial charge in [0.05, 0.1) is 33.0 Å². The van der Waals surface area contributed by atoms with Gasteiger partial charge >= 0.3 is 6.03 Å². The lowest BCUT2D eigenvalue weighted by molar-refractivity contribution is 0.0101. The number of carbonyl (C=O) groups excluding carboxylic acids is 1. The number of fused-ring (bicyclic) bond motifs is 1. The van der Waals surface area contributed by atoms with Crippen LogP contribution in [0.15, 0.2) is 12.1 Å². The summed E-state index contributed by atoms with van der Waals surface area (Å²) >= 11 is 0. The van der Waals surface area contributed by atoms with Crippen LogP contribution < -0.4 is 20.1 Å². The van der Waals surface area contributed by atoms with Crippen molar-refractivity contribution in [3.63, 3.8) is 0 Å². The molecule has 3 rings (SSSR count). The fourth-order valence-corrected chi connectivity index (χ4v) is 2.95. The third kappa shape index (κ3) is 9.19. The van der Waals surface area contributed by atoms with Crippen LogP contribution in [0.5, 0.6) is 11.5 Å². The molecule has 170 valence electrons. The zero-order chi connectivity index (χ0) is 21.4. The number of unbranched alkanes of at least 4 members (excludes halogenated alkanes) is 1. The van der Waals surface area contributed by atoms with E-state index >= 15 is 0 Å². The maximum atomic E-state index is 10.0. The Kier molecular flexibility index (Phi) is 12.0. The van der Waals surface area contributed by atoms with E-state index in [0.717, 1.165) is 56.9 Å². The molecule has 2 aliphatic rings. The van der Waals surface area contributed by atoms with Crippen LogP contribution in [0.25, 0.3) is 0 Å². The van der Waals surface area contributed by atoms with Gasteiger partial charge in [0.1, 0.15) is 0 Å². The molecule has 0 aromatic heterocycles. The Labute approximate surface area is 179 Å². The summed E-state index contributed by atoms with van der Waals surface area (Å²) in [6.07, 6.45) is 4.38. The molecule has 1 fully saturated rings. The number of aryl methyl sites for hydroxylation is 1. The molecule has 2 heterocycles. The summed E-state index contributed by atoms with van der Waals surface area (Å²) in [6, 6.07) is 4.07. The minimum absolute atomic E-state index is 0.0463. The Morgan fingerprint density at radius 2 is 1.43 bits per heavy atom. The van der Waals surface area contributed by atoms with Crippen molar-refractivity contribution in [3.05, 3.63) is 23.3 Å². The van der Waals surface area contributed by atoms with Gasteiger partial charge in [-0.25, -0.2) is 4.79 Å². The lowest BCUT2D eigenvalue weighted by Gasteiger charge is -2.11. The molecule has 0 radical (unpaired) electrons. The van der Waals surface area contributed by atoms with Crippen molar-refractivity contribution in [1.82, 2.24) is 10.6 Å². The largest absolute Gasteiger partial charge is 0.454 e. The summed E-state index contributed by atoms with van der Waals surface area (Å²) < 4.78 is 27.6. The van der Waals surface area contributed by atoms with E-state index in [1.165, 1.54) is 11.1 Å². The quantitative estimate of drug-likeness (QED) is 0.474. The van der Waals surface area contributed by atoms with Crippen LogP contribution in [0.4, 0.5) is 4.79 Å². The zero-order valence-electron chi connectivity index (χ0n) is 18.3. The highest BCUT2D eigenvalue weighted by Crippen LogP contribution is 2.35. The number of ether oxygens (including phenoxy) is 5. The molecule has 8 nitrogen and oxygen atoms in total. The first-order valence-corrected chi connectivity index (χ1v) is 10.9. The third-order valence-corrected chi connectivity index (χ3v) is 4.55. The molecule has 8 heteroatoms. The van der Waals surface area contributed by atoms with Gasteiger partial charge in [0.15, 0.2) is 11.5 Å². The minimum atomic E-state index is -0.0463. The Hall–Kier alpha value is -2.03. The first-order chi connectivity index (χ1) is 14.7. The number of amides is 2. The summed E-state index contributed by atoms with van der Waals surface area (Å²) in [5.41, 5.74) is 2.44. The monoisotopic (exact) mass is 424 g/mol. The molecule has 30 heavy (non-hydrogen) atoms. The van der Waals surface area contributed by atoms with E-state index in [1.54, 1.807) is 0 Å². The maximum Gasteiger partial charge on any atom is 0.314 e. The van der Waals surface area contributed by atoms with E-state index < -0.39 is 0 Å². The average molecular weight is 425 g/mol. The van der Waals surface area contributed by atoms with Crippen LogP contribution in [-0.4, -0.2) is 58.9 Å². The van der Waals surface area contributed by atoms with E-state index in [0.29, 0.717) is 39.8 Å². The second-order valence-electron chi connectivity index (χ2n) is 7.04. The Bertz CT molecular complexity index is 618. The van der Waals surface area contributed by atoms with Crippen molar-refractivity contribution in [2.45, 2.75) is 46.1 Å². The molecule has 2 aliphatic heterocycles. The van der Waals surface area contributed by atoms with Gasteiger partial charge in [0.25, 0.3) is 0 Å². The Morgan fingerprint density at radius 3 is 2.00 bits per heavy atom. The Morgan fingerprint density at radius 1 is 0.833 bits per heavy atom. The number of rotatable bonds is 13. The van der Waals surface area contributed by atoms with Crippen molar-refractivity contribution in [2.24, 2.45) is 0 Å². The molecule has 0 saturated carbocycles.